The van der Waals surface area contributed by atoms with E-state index in [9.17, 15) is 0 Å². The lowest BCUT2D eigenvalue weighted by Gasteiger charge is -1.97. The van der Waals surface area contributed by atoms with Crippen LogP contribution in [0.1, 0.15) is 5.56 Å². The second-order valence-electron chi connectivity index (χ2n) is 3.58. The van der Waals surface area contributed by atoms with Crippen molar-refractivity contribution in [2.24, 2.45) is 0 Å². The second kappa shape index (κ2) is 8.72. The fourth-order valence-electron chi connectivity index (χ4n) is 1.30. The van der Waals surface area contributed by atoms with Gasteiger partial charge in [0.2, 0.25) is 0 Å². The van der Waals surface area contributed by atoms with Crippen molar-refractivity contribution in [2.75, 3.05) is 14.2 Å². The zero-order chi connectivity index (χ0) is 13.2. The van der Waals surface area contributed by atoms with E-state index in [0.717, 1.165) is 10.2 Å². The van der Waals surface area contributed by atoms with E-state index in [0.29, 0.717) is 6.61 Å². The highest BCUT2D eigenvalue weighted by atomic mass is 79.9. The van der Waals surface area contributed by atoms with E-state index in [-0.39, 0.29) is 0 Å². The molecule has 0 N–H and O–H groups in total. The van der Waals surface area contributed by atoms with Crippen LogP contribution in [0.15, 0.2) is 59.1 Å². The second-order valence-corrected chi connectivity index (χ2v) is 4.49. The topological polar surface area (TPSA) is 18.5 Å². The number of halogens is 1. The molecule has 0 radical (unpaired) electrons. The Bertz CT molecular complexity index is 426. The summed E-state index contributed by atoms with van der Waals surface area (Å²) in [5.74, 6) is 0.910. The van der Waals surface area contributed by atoms with E-state index >= 15 is 0 Å². The first-order valence-electron chi connectivity index (χ1n) is 5.58. The molecule has 2 aromatic rings. The molecular weight excluding hydrogens is 292 g/mol. The van der Waals surface area contributed by atoms with E-state index in [1.807, 2.05) is 54.6 Å². The highest BCUT2D eigenvalue weighted by Gasteiger charge is 1.89. The van der Waals surface area contributed by atoms with Crippen molar-refractivity contribution in [3.8, 4) is 5.75 Å². The molecule has 0 saturated heterocycles. The lowest BCUT2D eigenvalue weighted by atomic mass is 10.2. The van der Waals surface area contributed by atoms with E-state index in [4.69, 9.17) is 9.47 Å². The van der Waals surface area contributed by atoms with Crippen LogP contribution >= 0.6 is 15.9 Å². The number of hydrogen-bond donors (Lipinski definition) is 0. The molecule has 0 fully saturated rings. The summed E-state index contributed by atoms with van der Waals surface area (Å²) in [5.41, 5.74) is 1.20. The zero-order valence-electron chi connectivity index (χ0n) is 10.6. The van der Waals surface area contributed by atoms with Crippen molar-refractivity contribution in [1.82, 2.24) is 0 Å². The van der Waals surface area contributed by atoms with E-state index < -0.39 is 0 Å². The maximum absolute atomic E-state index is 4.95. The van der Waals surface area contributed by atoms with Crippen LogP contribution in [-0.4, -0.2) is 14.2 Å². The normalized spacial score (nSPS) is 9.28. The Hall–Kier alpha value is -1.32. The molecule has 0 aliphatic heterocycles. The highest BCUT2D eigenvalue weighted by Crippen LogP contribution is 2.10. The van der Waals surface area contributed by atoms with Gasteiger partial charge >= 0.3 is 0 Å². The first-order chi connectivity index (χ1) is 8.76. The molecule has 0 atom stereocenters. The van der Waals surface area contributed by atoms with Crippen LogP contribution in [0.3, 0.4) is 0 Å². The van der Waals surface area contributed by atoms with Gasteiger partial charge in [-0.1, -0.05) is 46.3 Å². The zero-order valence-corrected chi connectivity index (χ0v) is 12.2. The van der Waals surface area contributed by atoms with Gasteiger partial charge in [0.05, 0.1) is 13.7 Å². The summed E-state index contributed by atoms with van der Waals surface area (Å²) in [6, 6.07) is 17.8. The largest absolute Gasteiger partial charge is 0.497 e. The molecule has 2 rings (SSSR count). The molecule has 2 nitrogen and oxygen atoms in total. The molecule has 0 aromatic heterocycles. The Kier molecular flexibility index (Phi) is 7.14. The van der Waals surface area contributed by atoms with Gasteiger partial charge in [-0.05, 0) is 29.8 Å². The van der Waals surface area contributed by atoms with Crippen molar-refractivity contribution in [3.63, 3.8) is 0 Å². The summed E-state index contributed by atoms with van der Waals surface area (Å²) < 4.78 is 11.0. The van der Waals surface area contributed by atoms with Gasteiger partial charge in [-0.3, -0.25) is 0 Å². The number of ether oxygens (including phenoxy) is 2. The third kappa shape index (κ3) is 5.84. The molecule has 0 bridgehead atoms. The van der Waals surface area contributed by atoms with Crippen molar-refractivity contribution < 1.29 is 9.47 Å². The minimum absolute atomic E-state index is 0.688. The summed E-state index contributed by atoms with van der Waals surface area (Å²) in [6.45, 7) is 0.688. The van der Waals surface area contributed by atoms with Gasteiger partial charge in [-0.15, -0.1) is 0 Å². The Labute approximate surface area is 117 Å². The third-order valence-electron chi connectivity index (χ3n) is 2.20. The van der Waals surface area contributed by atoms with Gasteiger partial charge in [0.25, 0.3) is 0 Å². The van der Waals surface area contributed by atoms with Gasteiger partial charge in [0.15, 0.2) is 0 Å². The number of rotatable bonds is 3. The van der Waals surface area contributed by atoms with Crippen LogP contribution in [0.25, 0.3) is 0 Å². The maximum Gasteiger partial charge on any atom is 0.118 e. The molecule has 0 unspecified atom stereocenters. The summed E-state index contributed by atoms with van der Waals surface area (Å²) >= 11 is 3.36. The lowest BCUT2D eigenvalue weighted by Crippen LogP contribution is -1.85. The Morgan fingerprint density at radius 2 is 1.50 bits per heavy atom. The number of benzene rings is 2. The van der Waals surface area contributed by atoms with Crippen LogP contribution in [0, 0.1) is 0 Å². The molecule has 0 amide bonds. The van der Waals surface area contributed by atoms with Crippen molar-refractivity contribution in [3.05, 3.63) is 64.6 Å². The molecule has 0 heterocycles. The first kappa shape index (κ1) is 14.7. The SMILES string of the molecule is COCc1ccc(Br)cc1.COc1ccccc1. The summed E-state index contributed by atoms with van der Waals surface area (Å²) in [7, 11) is 3.36. The minimum Gasteiger partial charge on any atom is -0.497 e. The van der Waals surface area contributed by atoms with Gasteiger partial charge in [0.1, 0.15) is 5.75 Å². The molecular formula is C15H17BrO2. The van der Waals surface area contributed by atoms with Gasteiger partial charge in [-0.2, -0.15) is 0 Å². The predicted octanol–water partition coefficient (Wildman–Crippen LogP) is 4.29. The fraction of sp³-hybridized carbons (Fsp3) is 0.200. The number of methoxy groups -OCH3 is 2. The lowest BCUT2D eigenvalue weighted by molar-refractivity contribution is 0.185. The van der Waals surface area contributed by atoms with Gasteiger partial charge < -0.3 is 9.47 Å². The van der Waals surface area contributed by atoms with E-state index in [2.05, 4.69) is 15.9 Å². The van der Waals surface area contributed by atoms with Crippen LogP contribution in [0.4, 0.5) is 0 Å². The van der Waals surface area contributed by atoms with Crippen molar-refractivity contribution >= 4 is 15.9 Å². The Morgan fingerprint density at radius 1 is 0.889 bits per heavy atom. The average molecular weight is 309 g/mol. The summed E-state index contributed by atoms with van der Waals surface area (Å²) in [5, 5.41) is 0. The molecule has 0 spiro atoms. The van der Waals surface area contributed by atoms with Crippen LogP contribution in [0.5, 0.6) is 5.75 Å². The quantitative estimate of drug-likeness (QED) is 0.842. The van der Waals surface area contributed by atoms with Gasteiger partial charge in [0, 0.05) is 11.6 Å². The van der Waals surface area contributed by atoms with Crippen LogP contribution < -0.4 is 4.74 Å². The molecule has 2 aromatic carbocycles. The monoisotopic (exact) mass is 308 g/mol. The smallest absolute Gasteiger partial charge is 0.118 e. The molecule has 18 heavy (non-hydrogen) atoms. The molecule has 3 heteroatoms. The Morgan fingerprint density at radius 3 is 1.94 bits per heavy atom. The molecule has 0 saturated carbocycles. The predicted molar refractivity (Wildman–Crippen MR) is 77.8 cm³/mol. The van der Waals surface area contributed by atoms with Crippen molar-refractivity contribution in [2.45, 2.75) is 6.61 Å². The van der Waals surface area contributed by atoms with Gasteiger partial charge in [-0.25, -0.2) is 0 Å². The molecule has 96 valence electrons. The third-order valence-corrected chi connectivity index (χ3v) is 2.73. The van der Waals surface area contributed by atoms with E-state index in [1.165, 1.54) is 5.56 Å². The minimum atomic E-state index is 0.688. The summed E-state index contributed by atoms with van der Waals surface area (Å²) in [6.07, 6.45) is 0. The average Bonchev–Trinajstić information content (AvgIpc) is 2.43. The van der Waals surface area contributed by atoms with Crippen LogP contribution in [-0.2, 0) is 11.3 Å². The van der Waals surface area contributed by atoms with Crippen molar-refractivity contribution in [1.29, 1.82) is 0 Å². The van der Waals surface area contributed by atoms with Crippen LogP contribution in [0.2, 0.25) is 0 Å². The first-order valence-corrected chi connectivity index (χ1v) is 6.38. The Balaban J connectivity index is 0.000000184. The number of para-hydroxylation sites is 1. The standard InChI is InChI=1S/C8H9BrO.C7H8O/c1-10-6-7-2-4-8(9)5-3-7;1-8-7-5-3-2-4-6-7/h2-5H,6H2,1H3;2-6H,1H3. The fourth-order valence-corrected chi connectivity index (χ4v) is 1.57. The molecule has 0 aliphatic rings. The number of hydrogen-bond acceptors (Lipinski definition) is 2. The molecule has 0 aliphatic carbocycles. The maximum atomic E-state index is 4.95. The van der Waals surface area contributed by atoms with E-state index in [1.54, 1.807) is 14.2 Å². The summed E-state index contributed by atoms with van der Waals surface area (Å²) in [4.78, 5) is 0. The highest BCUT2D eigenvalue weighted by molar-refractivity contribution is 9.10.